The third-order valence-electron chi connectivity index (χ3n) is 4.90. The maximum atomic E-state index is 12.7. The smallest absolute Gasteiger partial charge is 0.266 e. The fourth-order valence-electron chi connectivity index (χ4n) is 3.22. The molecule has 34 heavy (non-hydrogen) atoms. The molecule has 0 saturated heterocycles. The van der Waals surface area contributed by atoms with Crippen molar-refractivity contribution in [2.24, 2.45) is 0 Å². The Balaban J connectivity index is 1.85. The van der Waals surface area contributed by atoms with Gasteiger partial charge in [0, 0.05) is 10.7 Å². The molecule has 0 saturated carbocycles. The molecule has 3 rings (SSSR count). The monoisotopic (exact) mass is 494 g/mol. The van der Waals surface area contributed by atoms with Gasteiger partial charge in [0.25, 0.3) is 5.91 Å². The molecule has 3 aromatic rings. The Kier molecular flexibility index (Phi) is 8.59. The lowest BCUT2D eigenvalue weighted by Crippen LogP contribution is -2.13. The van der Waals surface area contributed by atoms with E-state index in [1.807, 2.05) is 51.1 Å². The van der Waals surface area contributed by atoms with Gasteiger partial charge in [-0.25, -0.2) is 0 Å². The number of benzene rings is 3. The van der Waals surface area contributed by atoms with Gasteiger partial charge in [-0.1, -0.05) is 59.1 Å². The zero-order valence-electron chi connectivity index (χ0n) is 19.1. The number of hydrogen-bond acceptors (Lipinski definition) is 4. The number of carbonyl (C=O) groups is 1. The van der Waals surface area contributed by atoms with Gasteiger partial charge in [0.15, 0.2) is 11.5 Å². The fraction of sp³-hybridized carbons (Fsp3) is 0.185. The van der Waals surface area contributed by atoms with E-state index in [2.05, 4.69) is 5.32 Å². The van der Waals surface area contributed by atoms with Crippen molar-refractivity contribution in [1.29, 1.82) is 5.26 Å². The minimum absolute atomic E-state index is 0.0939. The lowest BCUT2D eigenvalue weighted by molar-refractivity contribution is -0.112. The maximum Gasteiger partial charge on any atom is 0.266 e. The van der Waals surface area contributed by atoms with Crippen LogP contribution in [0.25, 0.3) is 6.08 Å². The number of halogens is 2. The van der Waals surface area contributed by atoms with Gasteiger partial charge >= 0.3 is 0 Å². The summed E-state index contributed by atoms with van der Waals surface area (Å²) < 4.78 is 11.7. The Labute approximate surface area is 209 Å². The molecule has 174 valence electrons. The minimum atomic E-state index is -0.559. The van der Waals surface area contributed by atoms with Crippen molar-refractivity contribution < 1.29 is 14.3 Å². The van der Waals surface area contributed by atoms with Crippen LogP contribution in [0.4, 0.5) is 5.69 Å². The second-order valence-corrected chi connectivity index (χ2v) is 8.44. The highest BCUT2D eigenvalue weighted by Gasteiger charge is 2.15. The molecular formula is C27H24Cl2N2O3. The van der Waals surface area contributed by atoms with Crippen molar-refractivity contribution in [1.82, 2.24) is 0 Å². The largest absolute Gasteiger partial charge is 0.490 e. The van der Waals surface area contributed by atoms with Crippen LogP contribution in [0, 0.1) is 25.2 Å². The van der Waals surface area contributed by atoms with Crippen LogP contribution < -0.4 is 14.8 Å². The third-order valence-corrected chi connectivity index (χ3v) is 5.59. The number of hydrogen-bond donors (Lipinski definition) is 1. The van der Waals surface area contributed by atoms with Crippen LogP contribution in [0.5, 0.6) is 11.5 Å². The van der Waals surface area contributed by atoms with E-state index in [0.29, 0.717) is 46.0 Å². The van der Waals surface area contributed by atoms with Gasteiger partial charge in [0.2, 0.25) is 0 Å². The van der Waals surface area contributed by atoms with Gasteiger partial charge in [-0.3, -0.25) is 4.79 Å². The number of rotatable bonds is 8. The molecule has 0 fully saturated rings. The first-order valence-electron chi connectivity index (χ1n) is 10.6. The Hall–Kier alpha value is -3.46. The van der Waals surface area contributed by atoms with Gasteiger partial charge in [-0.15, -0.1) is 0 Å². The van der Waals surface area contributed by atoms with E-state index in [-0.39, 0.29) is 5.57 Å². The van der Waals surface area contributed by atoms with Crippen LogP contribution in [-0.2, 0) is 11.4 Å². The van der Waals surface area contributed by atoms with Crippen molar-refractivity contribution in [3.8, 4) is 17.6 Å². The summed E-state index contributed by atoms with van der Waals surface area (Å²) in [7, 11) is 0. The molecule has 3 aromatic carbocycles. The number of anilines is 1. The number of ether oxygens (including phenoxy) is 2. The maximum absolute atomic E-state index is 12.7. The predicted octanol–water partition coefficient (Wildman–Crippen LogP) is 7.13. The number of amides is 1. The summed E-state index contributed by atoms with van der Waals surface area (Å²) in [6.45, 7) is 6.44. The van der Waals surface area contributed by atoms with Crippen LogP contribution in [0.2, 0.25) is 10.0 Å². The summed E-state index contributed by atoms with van der Waals surface area (Å²) in [5.41, 5.74) is 3.96. The molecule has 0 aliphatic heterocycles. The predicted molar refractivity (Wildman–Crippen MR) is 137 cm³/mol. The van der Waals surface area contributed by atoms with Crippen molar-refractivity contribution >= 4 is 40.9 Å². The summed E-state index contributed by atoms with van der Waals surface area (Å²) in [5, 5.41) is 13.1. The van der Waals surface area contributed by atoms with Crippen LogP contribution in [0.15, 0.2) is 60.2 Å². The van der Waals surface area contributed by atoms with E-state index in [1.165, 1.54) is 6.08 Å². The Bertz CT molecular complexity index is 1280. The quantitative estimate of drug-likeness (QED) is 0.267. The topological polar surface area (TPSA) is 71.3 Å². The van der Waals surface area contributed by atoms with Gasteiger partial charge in [0.05, 0.1) is 11.6 Å². The zero-order chi connectivity index (χ0) is 24.7. The summed E-state index contributed by atoms with van der Waals surface area (Å²) in [6.07, 6.45) is 1.45. The molecule has 0 aromatic heterocycles. The van der Waals surface area contributed by atoms with Crippen LogP contribution in [0.1, 0.15) is 29.2 Å². The first-order valence-corrected chi connectivity index (χ1v) is 11.4. The number of nitrogens with zero attached hydrogens (tertiary/aromatic N) is 1. The number of carbonyl (C=O) groups excluding carboxylic acids is 1. The SMILES string of the molecule is CCOc1cc(/C=C(/C#N)C(=O)Nc2ccc(C)c(Cl)c2)cc(Cl)c1OCc1cccc(C)c1. The lowest BCUT2D eigenvalue weighted by Gasteiger charge is -2.15. The molecule has 1 amide bonds. The number of nitrogens with one attached hydrogen (secondary N) is 1. The van der Waals surface area contributed by atoms with Crippen molar-refractivity contribution in [2.75, 3.05) is 11.9 Å². The molecule has 7 heteroatoms. The highest BCUT2D eigenvalue weighted by Crippen LogP contribution is 2.38. The standard InChI is InChI=1S/C27H24Cl2N2O3/c1-4-33-25-13-20(12-24(29)26(25)34-16-19-7-5-6-17(2)10-19)11-21(15-30)27(32)31-22-9-8-18(3)23(28)14-22/h5-14H,4,16H2,1-3H3,(H,31,32)/b21-11-. The molecule has 1 N–H and O–H groups in total. The van der Waals surface area contributed by atoms with E-state index in [0.717, 1.165) is 16.7 Å². The van der Waals surface area contributed by atoms with Crippen LogP contribution >= 0.6 is 23.2 Å². The Morgan fingerprint density at radius 1 is 1.06 bits per heavy atom. The first-order chi connectivity index (χ1) is 16.3. The highest BCUT2D eigenvalue weighted by atomic mass is 35.5. The highest BCUT2D eigenvalue weighted by molar-refractivity contribution is 6.32. The fourth-order valence-corrected chi connectivity index (χ4v) is 3.67. The molecule has 5 nitrogen and oxygen atoms in total. The van der Waals surface area contributed by atoms with Gasteiger partial charge < -0.3 is 14.8 Å². The number of aryl methyl sites for hydroxylation is 2. The van der Waals surface area contributed by atoms with Crippen molar-refractivity contribution in [2.45, 2.75) is 27.4 Å². The van der Waals surface area contributed by atoms with E-state index in [4.69, 9.17) is 32.7 Å². The van der Waals surface area contributed by atoms with E-state index < -0.39 is 5.91 Å². The second-order valence-electron chi connectivity index (χ2n) is 7.63. The normalized spacial score (nSPS) is 11.0. The molecule has 0 bridgehead atoms. The molecule has 0 aliphatic carbocycles. The van der Waals surface area contributed by atoms with Crippen molar-refractivity contribution in [3.05, 3.63) is 92.5 Å². The first kappa shape index (κ1) is 25.2. The summed E-state index contributed by atoms with van der Waals surface area (Å²) in [6, 6.07) is 18.4. The van der Waals surface area contributed by atoms with Crippen LogP contribution in [-0.4, -0.2) is 12.5 Å². The summed E-state index contributed by atoms with van der Waals surface area (Å²) in [4.78, 5) is 12.7. The molecule has 0 atom stereocenters. The molecule has 0 heterocycles. The minimum Gasteiger partial charge on any atom is -0.490 e. The molecule has 0 radical (unpaired) electrons. The average Bonchev–Trinajstić information content (AvgIpc) is 2.79. The molecular weight excluding hydrogens is 471 g/mol. The average molecular weight is 495 g/mol. The summed E-state index contributed by atoms with van der Waals surface area (Å²) >= 11 is 12.6. The molecule has 0 spiro atoms. The van der Waals surface area contributed by atoms with Crippen LogP contribution in [0.3, 0.4) is 0 Å². The van der Waals surface area contributed by atoms with Gasteiger partial charge in [-0.05, 0) is 67.8 Å². The molecule has 0 unspecified atom stereocenters. The Morgan fingerprint density at radius 2 is 1.85 bits per heavy atom. The van der Waals surface area contributed by atoms with E-state index in [9.17, 15) is 10.1 Å². The zero-order valence-corrected chi connectivity index (χ0v) is 20.6. The lowest BCUT2D eigenvalue weighted by atomic mass is 10.1. The van der Waals surface area contributed by atoms with Crippen molar-refractivity contribution in [3.63, 3.8) is 0 Å². The van der Waals surface area contributed by atoms with Gasteiger partial charge in [-0.2, -0.15) is 5.26 Å². The second kappa shape index (κ2) is 11.6. The number of nitriles is 1. The van der Waals surface area contributed by atoms with E-state index in [1.54, 1.807) is 30.3 Å². The summed E-state index contributed by atoms with van der Waals surface area (Å²) in [5.74, 6) is 0.271. The van der Waals surface area contributed by atoms with E-state index >= 15 is 0 Å². The molecule has 0 aliphatic rings. The van der Waals surface area contributed by atoms with Gasteiger partial charge in [0.1, 0.15) is 18.2 Å². The third kappa shape index (κ3) is 6.54. The Morgan fingerprint density at radius 3 is 2.53 bits per heavy atom.